The first kappa shape index (κ1) is 31.4. The minimum absolute atomic E-state index is 0.515. The Morgan fingerprint density at radius 2 is 0.983 bits per heavy atom. The minimum Gasteiger partial charge on any atom is -0.456 e. The van der Waals surface area contributed by atoms with Gasteiger partial charge in [-0.05, 0) is 137 Å². The lowest BCUT2D eigenvalue weighted by Crippen LogP contribution is -2.26. The molecule has 11 aromatic rings. The van der Waals surface area contributed by atoms with Gasteiger partial charge < -0.3 is 9.15 Å². The van der Waals surface area contributed by atoms with Crippen molar-refractivity contribution in [2.24, 2.45) is 0 Å². The first-order valence-corrected chi connectivity index (χ1v) is 20.4. The fourth-order valence-electron chi connectivity index (χ4n) is 11.1. The molecule has 10 aromatic carbocycles. The zero-order chi connectivity index (χ0) is 38.4. The average Bonchev–Trinajstić information content (AvgIpc) is 3.93. The Labute approximate surface area is 340 Å². The van der Waals surface area contributed by atoms with Crippen LogP contribution in [0.25, 0.3) is 99.1 Å². The molecule has 0 bridgehead atoms. The molecule has 1 aliphatic heterocycles. The van der Waals surface area contributed by atoms with Gasteiger partial charge >= 0.3 is 0 Å². The van der Waals surface area contributed by atoms with Gasteiger partial charge in [-0.25, -0.2) is 0 Å². The third-order valence-electron chi connectivity index (χ3n) is 13.4. The summed E-state index contributed by atoms with van der Waals surface area (Å²) in [5.41, 5.74) is 18.8. The van der Waals surface area contributed by atoms with Gasteiger partial charge in [-0.15, -0.1) is 0 Å². The van der Waals surface area contributed by atoms with Crippen LogP contribution in [-0.2, 0) is 5.41 Å². The highest BCUT2D eigenvalue weighted by atomic mass is 16.5. The van der Waals surface area contributed by atoms with Gasteiger partial charge in [-0.2, -0.15) is 0 Å². The lowest BCUT2D eigenvalue weighted by molar-refractivity contribution is 0.487. The van der Waals surface area contributed by atoms with Crippen molar-refractivity contribution < 1.29 is 9.15 Å². The van der Waals surface area contributed by atoms with Crippen molar-refractivity contribution in [3.63, 3.8) is 0 Å². The van der Waals surface area contributed by atoms with Crippen LogP contribution in [0.4, 0.5) is 0 Å². The third kappa shape index (κ3) is 4.00. The number of fused-ring (bicyclic) bond motifs is 17. The van der Waals surface area contributed by atoms with Crippen LogP contribution in [0.2, 0.25) is 0 Å². The van der Waals surface area contributed by atoms with Crippen molar-refractivity contribution in [3.8, 4) is 67.1 Å². The van der Waals surface area contributed by atoms with E-state index in [0.717, 1.165) is 50.1 Å². The third-order valence-corrected chi connectivity index (χ3v) is 13.4. The highest BCUT2D eigenvalue weighted by Gasteiger charge is 2.53. The zero-order valence-electron chi connectivity index (χ0n) is 31.8. The molecule has 3 aliphatic rings. The van der Waals surface area contributed by atoms with Crippen LogP contribution in [0, 0.1) is 0 Å². The number of rotatable bonds is 2. The normalized spacial score (nSPS) is 13.7. The van der Waals surface area contributed by atoms with Gasteiger partial charge in [0.2, 0.25) is 0 Å². The molecule has 2 heterocycles. The maximum Gasteiger partial charge on any atom is 0.136 e. The summed E-state index contributed by atoms with van der Waals surface area (Å²) in [5.74, 6) is 1.80. The van der Waals surface area contributed by atoms with Crippen molar-refractivity contribution in [3.05, 3.63) is 216 Å². The Bertz CT molecular complexity index is 3610. The Morgan fingerprint density at radius 3 is 1.81 bits per heavy atom. The first-order valence-electron chi connectivity index (χ1n) is 20.4. The summed E-state index contributed by atoms with van der Waals surface area (Å²) in [6.07, 6.45) is 0. The van der Waals surface area contributed by atoms with E-state index in [4.69, 9.17) is 9.15 Å². The molecule has 0 unspecified atom stereocenters. The van der Waals surface area contributed by atoms with Gasteiger partial charge in [0.25, 0.3) is 0 Å². The summed E-state index contributed by atoms with van der Waals surface area (Å²) in [4.78, 5) is 0. The second kappa shape index (κ2) is 11.2. The van der Waals surface area contributed by atoms with Crippen molar-refractivity contribution in [2.75, 3.05) is 0 Å². The summed E-state index contributed by atoms with van der Waals surface area (Å²) in [7, 11) is 0. The molecule has 1 aromatic heterocycles. The molecule has 0 saturated heterocycles. The summed E-state index contributed by atoms with van der Waals surface area (Å²) < 4.78 is 13.0. The molecule has 0 amide bonds. The molecule has 0 N–H and O–H groups in total. The molecule has 2 aliphatic carbocycles. The van der Waals surface area contributed by atoms with Crippen LogP contribution in [-0.4, -0.2) is 0 Å². The van der Waals surface area contributed by atoms with Gasteiger partial charge in [0.1, 0.15) is 22.7 Å². The summed E-state index contributed by atoms with van der Waals surface area (Å²) >= 11 is 0. The zero-order valence-corrected chi connectivity index (χ0v) is 31.8. The fourth-order valence-corrected chi connectivity index (χ4v) is 11.1. The van der Waals surface area contributed by atoms with Crippen molar-refractivity contribution in [1.82, 2.24) is 0 Å². The monoisotopic (exact) mass is 748 g/mol. The van der Waals surface area contributed by atoms with E-state index in [2.05, 4.69) is 188 Å². The maximum absolute atomic E-state index is 6.53. The quantitative estimate of drug-likeness (QED) is 0.176. The van der Waals surface area contributed by atoms with Gasteiger partial charge in [-0.3, -0.25) is 0 Å². The van der Waals surface area contributed by atoms with E-state index in [-0.39, 0.29) is 0 Å². The van der Waals surface area contributed by atoms with Crippen molar-refractivity contribution >= 4 is 43.5 Å². The molecule has 2 nitrogen and oxygen atoms in total. The molecule has 1 spiro atoms. The molecule has 2 heteroatoms. The van der Waals surface area contributed by atoms with E-state index >= 15 is 0 Å². The summed E-state index contributed by atoms with van der Waals surface area (Å²) in [5, 5.41) is 7.11. The van der Waals surface area contributed by atoms with Crippen LogP contribution in [0.15, 0.2) is 199 Å². The predicted molar refractivity (Wildman–Crippen MR) is 241 cm³/mol. The van der Waals surface area contributed by atoms with E-state index in [0.29, 0.717) is 0 Å². The Hall–Kier alpha value is -7.68. The van der Waals surface area contributed by atoms with E-state index in [1.54, 1.807) is 0 Å². The van der Waals surface area contributed by atoms with E-state index in [1.807, 2.05) is 6.07 Å². The SMILES string of the molecule is c1ccc2c(c1)-c1ccccc1C21c2ccccc2-c2c(-c3ccc4c(c3)oc3ccccc34)cc3ccc(-c4ccc5c(c4)-c4cccc6cccc(c46)O5)cc3c21. The highest BCUT2D eigenvalue weighted by molar-refractivity contribution is 6.12. The topological polar surface area (TPSA) is 22.4 Å². The molecule has 59 heavy (non-hydrogen) atoms. The number of furan rings is 1. The maximum atomic E-state index is 6.53. The fraction of sp³-hybridized carbons (Fsp3) is 0.0175. The van der Waals surface area contributed by atoms with Crippen LogP contribution in [0.5, 0.6) is 11.5 Å². The molecule has 0 fully saturated rings. The van der Waals surface area contributed by atoms with Gasteiger partial charge in [0.15, 0.2) is 0 Å². The Morgan fingerprint density at radius 1 is 0.339 bits per heavy atom. The van der Waals surface area contributed by atoms with Crippen LogP contribution < -0.4 is 4.74 Å². The number of hydrogen-bond acceptors (Lipinski definition) is 2. The predicted octanol–water partition coefficient (Wildman–Crippen LogP) is 15.3. The van der Waals surface area contributed by atoms with Crippen molar-refractivity contribution in [1.29, 1.82) is 0 Å². The van der Waals surface area contributed by atoms with Crippen LogP contribution in [0.1, 0.15) is 22.3 Å². The Balaban J connectivity index is 1.08. The second-order valence-corrected chi connectivity index (χ2v) is 16.3. The lowest BCUT2D eigenvalue weighted by atomic mass is 9.69. The smallest absolute Gasteiger partial charge is 0.136 e. The highest BCUT2D eigenvalue weighted by Crippen LogP contribution is 2.65. The van der Waals surface area contributed by atoms with E-state index in [1.165, 1.54) is 82.7 Å². The molecule has 0 saturated carbocycles. The molecule has 0 atom stereocenters. The van der Waals surface area contributed by atoms with Gasteiger partial charge in [0, 0.05) is 21.7 Å². The van der Waals surface area contributed by atoms with Crippen molar-refractivity contribution in [2.45, 2.75) is 5.41 Å². The number of ether oxygens (including phenoxy) is 1. The second-order valence-electron chi connectivity index (χ2n) is 16.3. The minimum atomic E-state index is -0.515. The largest absolute Gasteiger partial charge is 0.456 e. The first-order chi connectivity index (χ1) is 29.2. The summed E-state index contributed by atoms with van der Waals surface area (Å²) in [6.45, 7) is 0. The average molecular weight is 749 g/mol. The van der Waals surface area contributed by atoms with Crippen LogP contribution in [0.3, 0.4) is 0 Å². The van der Waals surface area contributed by atoms with Gasteiger partial charge in [-0.1, -0.05) is 146 Å². The number of hydrogen-bond donors (Lipinski definition) is 0. The van der Waals surface area contributed by atoms with Crippen LogP contribution >= 0.6 is 0 Å². The van der Waals surface area contributed by atoms with E-state index < -0.39 is 5.41 Å². The number of para-hydroxylation sites is 1. The summed E-state index contributed by atoms with van der Waals surface area (Å²) in [6, 6.07) is 71.5. The van der Waals surface area contributed by atoms with Gasteiger partial charge in [0.05, 0.1) is 5.41 Å². The lowest BCUT2D eigenvalue weighted by Gasteiger charge is -2.32. The number of benzene rings is 10. The molecule has 14 rings (SSSR count). The molecular weight excluding hydrogens is 717 g/mol. The standard InChI is InChI=1S/C57H32O2/c1-5-18-47-38(13-1)39-14-2-6-19-48(39)57(47)49-20-7-3-16-43(49)55-44(37-25-27-41-40-15-4-8-21-50(40)59-53(41)32-37)31-36-24-23-34(29-45(36)56(55)57)35-26-28-51-46(30-35)42-17-9-11-33-12-10-22-52(58-51)54(33)42/h1-32H. The Kier molecular flexibility index (Phi) is 5.99. The molecule has 272 valence electrons. The molecule has 0 radical (unpaired) electrons. The van der Waals surface area contributed by atoms with E-state index in [9.17, 15) is 0 Å². The molecular formula is C57H32O2.